The molecule has 0 fully saturated rings. The first-order valence-corrected chi connectivity index (χ1v) is 4.61. The fourth-order valence-corrected chi connectivity index (χ4v) is 1.02. The van der Waals surface area contributed by atoms with Crippen molar-refractivity contribution in [3.05, 3.63) is 30.1 Å². The Morgan fingerprint density at radius 1 is 1.23 bits per heavy atom. The summed E-state index contributed by atoms with van der Waals surface area (Å²) in [5.74, 6) is 0. The molecule has 0 amide bonds. The van der Waals surface area contributed by atoms with E-state index < -0.39 is 0 Å². The highest BCUT2D eigenvalue weighted by Crippen LogP contribution is 2.07. The van der Waals surface area contributed by atoms with Gasteiger partial charge in [-0.25, -0.2) is 0 Å². The van der Waals surface area contributed by atoms with Gasteiger partial charge < -0.3 is 4.74 Å². The van der Waals surface area contributed by atoms with Crippen molar-refractivity contribution < 1.29 is 4.74 Å². The molecule has 1 aromatic heterocycles. The van der Waals surface area contributed by atoms with E-state index in [0.717, 1.165) is 13.0 Å². The Hall–Kier alpha value is -0.890. The van der Waals surface area contributed by atoms with Gasteiger partial charge in [-0.05, 0) is 44.9 Å². The van der Waals surface area contributed by atoms with Crippen LogP contribution in [-0.2, 0) is 11.2 Å². The van der Waals surface area contributed by atoms with Crippen LogP contribution in [0.5, 0.6) is 0 Å². The van der Waals surface area contributed by atoms with E-state index in [1.807, 2.05) is 24.5 Å². The molecule has 72 valence electrons. The van der Waals surface area contributed by atoms with E-state index in [-0.39, 0.29) is 5.60 Å². The highest BCUT2D eigenvalue weighted by atomic mass is 16.5. The maximum atomic E-state index is 5.61. The number of nitrogens with zero attached hydrogens (tertiary/aromatic N) is 1. The van der Waals surface area contributed by atoms with Crippen LogP contribution in [0.25, 0.3) is 0 Å². The first-order chi connectivity index (χ1) is 6.08. The van der Waals surface area contributed by atoms with E-state index in [2.05, 4.69) is 25.8 Å². The quantitative estimate of drug-likeness (QED) is 0.711. The molecule has 0 aromatic carbocycles. The summed E-state index contributed by atoms with van der Waals surface area (Å²) < 4.78 is 5.61. The van der Waals surface area contributed by atoms with Crippen LogP contribution in [0.3, 0.4) is 0 Å². The van der Waals surface area contributed by atoms with Crippen molar-refractivity contribution in [3.63, 3.8) is 0 Å². The zero-order valence-corrected chi connectivity index (χ0v) is 8.58. The predicted octanol–water partition coefficient (Wildman–Crippen LogP) is 2.44. The molecule has 0 spiro atoms. The van der Waals surface area contributed by atoms with E-state index in [0.29, 0.717) is 0 Å². The number of aromatic nitrogens is 1. The van der Waals surface area contributed by atoms with Crippen molar-refractivity contribution >= 4 is 0 Å². The van der Waals surface area contributed by atoms with Crippen LogP contribution in [0.1, 0.15) is 26.3 Å². The molecule has 2 nitrogen and oxygen atoms in total. The number of ether oxygens (including phenoxy) is 1. The molecule has 2 heteroatoms. The van der Waals surface area contributed by atoms with Crippen molar-refractivity contribution in [2.75, 3.05) is 6.61 Å². The third-order valence-electron chi connectivity index (χ3n) is 1.68. The zero-order chi connectivity index (χ0) is 9.73. The molecule has 0 saturated heterocycles. The van der Waals surface area contributed by atoms with Gasteiger partial charge in [-0.1, -0.05) is 0 Å². The third-order valence-corrected chi connectivity index (χ3v) is 1.68. The van der Waals surface area contributed by atoms with Crippen LogP contribution >= 0.6 is 0 Å². The smallest absolute Gasteiger partial charge is 0.0598 e. The summed E-state index contributed by atoms with van der Waals surface area (Å²) in [4.78, 5) is 3.96. The Labute approximate surface area is 80.0 Å². The van der Waals surface area contributed by atoms with Crippen LogP contribution in [0, 0.1) is 0 Å². The number of pyridine rings is 1. The molecule has 0 radical (unpaired) electrons. The Kier molecular flexibility index (Phi) is 3.43. The molecular formula is C11H17NO. The van der Waals surface area contributed by atoms with Crippen LogP contribution in [-0.4, -0.2) is 17.2 Å². The summed E-state index contributed by atoms with van der Waals surface area (Å²) in [5, 5.41) is 0. The number of hydrogen-bond acceptors (Lipinski definition) is 2. The Morgan fingerprint density at radius 2 is 1.85 bits per heavy atom. The summed E-state index contributed by atoms with van der Waals surface area (Å²) >= 11 is 0. The van der Waals surface area contributed by atoms with Gasteiger partial charge >= 0.3 is 0 Å². The predicted molar refractivity (Wildman–Crippen MR) is 53.6 cm³/mol. The fraction of sp³-hybridized carbons (Fsp3) is 0.545. The molecule has 13 heavy (non-hydrogen) atoms. The molecule has 0 unspecified atom stereocenters. The molecule has 0 aliphatic carbocycles. The lowest BCUT2D eigenvalue weighted by molar-refractivity contribution is -0.000980. The van der Waals surface area contributed by atoms with Crippen LogP contribution in [0.4, 0.5) is 0 Å². The topological polar surface area (TPSA) is 22.1 Å². The van der Waals surface area contributed by atoms with Crippen molar-refractivity contribution in [1.29, 1.82) is 0 Å². The van der Waals surface area contributed by atoms with E-state index in [1.165, 1.54) is 5.56 Å². The van der Waals surface area contributed by atoms with Gasteiger partial charge in [0.1, 0.15) is 0 Å². The molecule has 0 bridgehead atoms. The maximum absolute atomic E-state index is 5.61. The number of hydrogen-bond donors (Lipinski definition) is 0. The lowest BCUT2D eigenvalue weighted by Crippen LogP contribution is -2.20. The van der Waals surface area contributed by atoms with Gasteiger partial charge in [-0.2, -0.15) is 0 Å². The second-order valence-electron chi connectivity index (χ2n) is 4.07. The SMILES string of the molecule is CC(C)(C)OCCc1ccncc1. The second kappa shape index (κ2) is 4.38. The lowest BCUT2D eigenvalue weighted by Gasteiger charge is -2.19. The van der Waals surface area contributed by atoms with Crippen LogP contribution in [0.15, 0.2) is 24.5 Å². The van der Waals surface area contributed by atoms with Gasteiger partial charge in [-0.3, -0.25) is 4.98 Å². The maximum Gasteiger partial charge on any atom is 0.0598 e. The lowest BCUT2D eigenvalue weighted by atomic mass is 10.2. The highest BCUT2D eigenvalue weighted by Gasteiger charge is 2.08. The fourth-order valence-electron chi connectivity index (χ4n) is 1.02. The zero-order valence-electron chi connectivity index (χ0n) is 8.58. The summed E-state index contributed by atoms with van der Waals surface area (Å²) in [6.45, 7) is 6.98. The average Bonchev–Trinajstić information content (AvgIpc) is 2.04. The second-order valence-corrected chi connectivity index (χ2v) is 4.07. The van der Waals surface area contributed by atoms with Gasteiger partial charge in [-0.15, -0.1) is 0 Å². The van der Waals surface area contributed by atoms with Gasteiger partial charge in [0, 0.05) is 12.4 Å². The van der Waals surface area contributed by atoms with Gasteiger partial charge in [0.05, 0.1) is 12.2 Å². The molecular weight excluding hydrogens is 162 g/mol. The molecule has 0 saturated carbocycles. The third kappa shape index (κ3) is 4.63. The monoisotopic (exact) mass is 179 g/mol. The van der Waals surface area contributed by atoms with E-state index in [1.54, 1.807) is 0 Å². The minimum atomic E-state index is -0.0347. The minimum Gasteiger partial charge on any atom is -0.376 e. The molecule has 0 N–H and O–H groups in total. The van der Waals surface area contributed by atoms with E-state index in [9.17, 15) is 0 Å². The van der Waals surface area contributed by atoms with E-state index in [4.69, 9.17) is 4.74 Å². The Bertz CT molecular complexity index is 238. The van der Waals surface area contributed by atoms with Crippen molar-refractivity contribution in [1.82, 2.24) is 4.98 Å². The largest absolute Gasteiger partial charge is 0.376 e. The van der Waals surface area contributed by atoms with Crippen molar-refractivity contribution in [3.8, 4) is 0 Å². The first-order valence-electron chi connectivity index (χ1n) is 4.61. The normalized spacial score (nSPS) is 11.6. The summed E-state index contributed by atoms with van der Waals surface area (Å²) in [7, 11) is 0. The summed E-state index contributed by atoms with van der Waals surface area (Å²) in [5.41, 5.74) is 1.24. The summed E-state index contributed by atoms with van der Waals surface area (Å²) in [6.07, 6.45) is 4.58. The van der Waals surface area contributed by atoms with Gasteiger partial charge in [0.25, 0.3) is 0 Å². The molecule has 0 aliphatic heterocycles. The Morgan fingerprint density at radius 3 is 2.38 bits per heavy atom. The standard InChI is InChI=1S/C11H17NO/c1-11(2,3)13-9-6-10-4-7-12-8-5-10/h4-5,7-8H,6,9H2,1-3H3. The molecule has 1 aromatic rings. The van der Waals surface area contributed by atoms with Gasteiger partial charge in [0.15, 0.2) is 0 Å². The molecule has 0 aliphatic rings. The molecule has 0 atom stereocenters. The van der Waals surface area contributed by atoms with Crippen molar-refractivity contribution in [2.24, 2.45) is 0 Å². The van der Waals surface area contributed by atoms with Crippen molar-refractivity contribution in [2.45, 2.75) is 32.8 Å². The molecule has 1 heterocycles. The Balaban J connectivity index is 2.29. The average molecular weight is 179 g/mol. The van der Waals surface area contributed by atoms with Crippen LogP contribution < -0.4 is 0 Å². The summed E-state index contributed by atoms with van der Waals surface area (Å²) in [6, 6.07) is 4.04. The van der Waals surface area contributed by atoms with Crippen LogP contribution in [0.2, 0.25) is 0 Å². The van der Waals surface area contributed by atoms with E-state index >= 15 is 0 Å². The van der Waals surface area contributed by atoms with Gasteiger partial charge in [0.2, 0.25) is 0 Å². The molecule has 1 rings (SSSR count). The minimum absolute atomic E-state index is 0.0347. The highest BCUT2D eigenvalue weighted by molar-refractivity contribution is 5.09. The first kappa shape index (κ1) is 10.2. The number of rotatable bonds is 3.